The molecule has 2 atom stereocenters. The minimum atomic E-state index is -0.164. The average Bonchev–Trinajstić information content (AvgIpc) is 2.21. The lowest BCUT2D eigenvalue weighted by Crippen LogP contribution is -2.07. The van der Waals surface area contributed by atoms with Gasteiger partial charge in [-0.3, -0.25) is 4.79 Å². The van der Waals surface area contributed by atoms with Crippen LogP contribution in [0.4, 0.5) is 0 Å². The second kappa shape index (κ2) is 8.75. The van der Waals surface area contributed by atoms with Crippen LogP contribution >= 0.6 is 0 Å². The first kappa shape index (κ1) is 14.5. The predicted octanol–water partition coefficient (Wildman–Crippen LogP) is 3.79. The Morgan fingerprint density at radius 2 is 1.80 bits per heavy atom. The van der Waals surface area contributed by atoms with Crippen LogP contribution in [-0.4, -0.2) is 12.6 Å². The molecule has 2 nitrogen and oxygen atoms in total. The summed E-state index contributed by atoms with van der Waals surface area (Å²) in [6, 6.07) is 0. The maximum absolute atomic E-state index is 10.5. The standard InChI is InChI=1S/C13H26O2/c1-5-11(2)12(3)9-7-6-8-10-15-13(4)14/h11-12H,5-10H2,1-4H3. The number of rotatable bonds is 8. The fourth-order valence-electron chi connectivity index (χ4n) is 1.65. The van der Waals surface area contributed by atoms with Crippen molar-refractivity contribution in [2.75, 3.05) is 6.61 Å². The lowest BCUT2D eigenvalue weighted by molar-refractivity contribution is -0.141. The normalized spacial score (nSPS) is 14.7. The Balaban J connectivity index is 3.27. The fourth-order valence-corrected chi connectivity index (χ4v) is 1.65. The number of hydrogen-bond acceptors (Lipinski definition) is 2. The first-order chi connectivity index (χ1) is 7.07. The van der Waals surface area contributed by atoms with Crippen molar-refractivity contribution in [1.29, 1.82) is 0 Å². The molecule has 15 heavy (non-hydrogen) atoms. The molecule has 0 bridgehead atoms. The summed E-state index contributed by atoms with van der Waals surface area (Å²) < 4.78 is 4.88. The molecule has 2 unspecified atom stereocenters. The summed E-state index contributed by atoms with van der Waals surface area (Å²) in [7, 11) is 0. The highest BCUT2D eigenvalue weighted by Crippen LogP contribution is 2.20. The van der Waals surface area contributed by atoms with Crippen LogP contribution in [0.15, 0.2) is 0 Å². The summed E-state index contributed by atoms with van der Waals surface area (Å²) in [5.74, 6) is 1.49. The van der Waals surface area contributed by atoms with Crippen LogP contribution in [0.2, 0.25) is 0 Å². The molecule has 2 heteroatoms. The van der Waals surface area contributed by atoms with Gasteiger partial charge in [0, 0.05) is 6.92 Å². The third-order valence-corrected chi connectivity index (χ3v) is 3.22. The van der Waals surface area contributed by atoms with Gasteiger partial charge in [0.25, 0.3) is 0 Å². The molecule has 0 radical (unpaired) electrons. The monoisotopic (exact) mass is 214 g/mol. The number of carbonyl (C=O) groups is 1. The zero-order valence-corrected chi connectivity index (χ0v) is 10.7. The molecule has 0 aromatic rings. The summed E-state index contributed by atoms with van der Waals surface area (Å²) >= 11 is 0. The van der Waals surface area contributed by atoms with Gasteiger partial charge in [0.1, 0.15) is 0 Å². The minimum absolute atomic E-state index is 0.164. The van der Waals surface area contributed by atoms with Gasteiger partial charge < -0.3 is 4.74 Å². The van der Waals surface area contributed by atoms with Crippen LogP contribution in [0, 0.1) is 11.8 Å². The van der Waals surface area contributed by atoms with Crippen LogP contribution in [-0.2, 0) is 9.53 Å². The van der Waals surface area contributed by atoms with E-state index in [1.165, 1.54) is 32.6 Å². The number of carbonyl (C=O) groups excluding carboxylic acids is 1. The minimum Gasteiger partial charge on any atom is -0.466 e. The van der Waals surface area contributed by atoms with E-state index in [0.717, 1.165) is 18.3 Å². The topological polar surface area (TPSA) is 26.3 Å². The SMILES string of the molecule is CCC(C)C(C)CCCCCOC(C)=O. The average molecular weight is 214 g/mol. The summed E-state index contributed by atoms with van der Waals surface area (Å²) in [6.45, 7) is 8.96. The molecule has 0 amide bonds. The molecule has 0 heterocycles. The summed E-state index contributed by atoms with van der Waals surface area (Å²) in [6.07, 6.45) is 6.01. The van der Waals surface area contributed by atoms with Crippen molar-refractivity contribution in [3.63, 3.8) is 0 Å². The van der Waals surface area contributed by atoms with E-state index < -0.39 is 0 Å². The van der Waals surface area contributed by atoms with Crippen molar-refractivity contribution in [3.05, 3.63) is 0 Å². The predicted molar refractivity (Wildman–Crippen MR) is 63.7 cm³/mol. The Morgan fingerprint density at radius 1 is 1.13 bits per heavy atom. The Morgan fingerprint density at radius 3 is 2.33 bits per heavy atom. The van der Waals surface area contributed by atoms with Crippen molar-refractivity contribution in [3.8, 4) is 0 Å². The lowest BCUT2D eigenvalue weighted by Gasteiger charge is -2.17. The van der Waals surface area contributed by atoms with Crippen molar-refractivity contribution in [2.45, 2.75) is 59.8 Å². The molecule has 0 aliphatic heterocycles. The zero-order chi connectivity index (χ0) is 11.7. The van der Waals surface area contributed by atoms with Gasteiger partial charge in [-0.1, -0.05) is 46.5 Å². The highest BCUT2D eigenvalue weighted by Gasteiger charge is 2.09. The van der Waals surface area contributed by atoms with Crippen LogP contribution in [0.5, 0.6) is 0 Å². The van der Waals surface area contributed by atoms with E-state index in [2.05, 4.69) is 20.8 Å². The van der Waals surface area contributed by atoms with E-state index >= 15 is 0 Å². The fraction of sp³-hybridized carbons (Fsp3) is 0.923. The third kappa shape index (κ3) is 8.46. The number of unbranched alkanes of at least 4 members (excludes halogenated alkanes) is 2. The quantitative estimate of drug-likeness (QED) is 0.454. The first-order valence-corrected chi connectivity index (χ1v) is 6.21. The molecule has 0 aliphatic carbocycles. The van der Waals surface area contributed by atoms with Crippen LogP contribution in [0.25, 0.3) is 0 Å². The Bertz CT molecular complexity index is 166. The van der Waals surface area contributed by atoms with Gasteiger partial charge in [-0.25, -0.2) is 0 Å². The smallest absolute Gasteiger partial charge is 0.302 e. The van der Waals surface area contributed by atoms with Crippen molar-refractivity contribution in [2.24, 2.45) is 11.8 Å². The second-order valence-corrected chi connectivity index (χ2v) is 4.55. The molecule has 0 aromatic heterocycles. The summed E-state index contributed by atoms with van der Waals surface area (Å²) in [4.78, 5) is 10.5. The van der Waals surface area contributed by atoms with Gasteiger partial charge >= 0.3 is 5.97 Å². The van der Waals surface area contributed by atoms with Crippen LogP contribution in [0.1, 0.15) is 59.8 Å². The number of ether oxygens (including phenoxy) is 1. The Labute approximate surface area is 94.4 Å². The molecule has 0 fully saturated rings. The van der Waals surface area contributed by atoms with Crippen LogP contribution < -0.4 is 0 Å². The van der Waals surface area contributed by atoms with Gasteiger partial charge in [0.05, 0.1) is 6.61 Å². The highest BCUT2D eigenvalue weighted by atomic mass is 16.5. The van der Waals surface area contributed by atoms with Gasteiger partial charge in [0.15, 0.2) is 0 Å². The molecule has 0 saturated heterocycles. The Hall–Kier alpha value is -0.530. The van der Waals surface area contributed by atoms with E-state index in [1.54, 1.807) is 0 Å². The summed E-state index contributed by atoms with van der Waals surface area (Å²) in [5.41, 5.74) is 0. The van der Waals surface area contributed by atoms with Crippen molar-refractivity contribution >= 4 is 5.97 Å². The maximum Gasteiger partial charge on any atom is 0.302 e. The molecule has 0 spiro atoms. The van der Waals surface area contributed by atoms with Crippen molar-refractivity contribution < 1.29 is 9.53 Å². The highest BCUT2D eigenvalue weighted by molar-refractivity contribution is 5.65. The zero-order valence-electron chi connectivity index (χ0n) is 10.7. The van der Waals surface area contributed by atoms with Gasteiger partial charge in [-0.15, -0.1) is 0 Å². The summed E-state index contributed by atoms with van der Waals surface area (Å²) in [5, 5.41) is 0. The van der Waals surface area contributed by atoms with Gasteiger partial charge in [-0.2, -0.15) is 0 Å². The van der Waals surface area contributed by atoms with Crippen LogP contribution in [0.3, 0.4) is 0 Å². The third-order valence-electron chi connectivity index (χ3n) is 3.22. The number of esters is 1. The molecular formula is C13H26O2. The number of hydrogen-bond donors (Lipinski definition) is 0. The Kier molecular flexibility index (Phi) is 8.44. The second-order valence-electron chi connectivity index (χ2n) is 4.55. The van der Waals surface area contributed by atoms with E-state index in [1.807, 2.05) is 0 Å². The van der Waals surface area contributed by atoms with Crippen molar-refractivity contribution in [1.82, 2.24) is 0 Å². The van der Waals surface area contributed by atoms with E-state index in [4.69, 9.17) is 4.74 Å². The molecule has 90 valence electrons. The molecule has 0 aliphatic rings. The molecular weight excluding hydrogens is 188 g/mol. The van der Waals surface area contributed by atoms with Gasteiger partial charge in [0.2, 0.25) is 0 Å². The van der Waals surface area contributed by atoms with Gasteiger partial charge in [-0.05, 0) is 18.3 Å². The molecule has 0 aromatic carbocycles. The molecule has 0 rings (SSSR count). The largest absolute Gasteiger partial charge is 0.466 e. The molecule has 0 saturated carbocycles. The maximum atomic E-state index is 10.5. The molecule has 0 N–H and O–H groups in total. The first-order valence-electron chi connectivity index (χ1n) is 6.21. The lowest BCUT2D eigenvalue weighted by atomic mass is 9.89. The van der Waals surface area contributed by atoms with E-state index in [0.29, 0.717) is 6.61 Å². The van der Waals surface area contributed by atoms with E-state index in [9.17, 15) is 4.79 Å². The van der Waals surface area contributed by atoms with E-state index in [-0.39, 0.29) is 5.97 Å².